The van der Waals surface area contributed by atoms with E-state index >= 15 is 0 Å². The monoisotopic (exact) mass is 358 g/mol. The van der Waals surface area contributed by atoms with Gasteiger partial charge in [0, 0.05) is 15.6 Å². The largest absolute Gasteiger partial charge is 0.134 e. The molecule has 2 heterocycles. The predicted molar refractivity (Wildman–Crippen MR) is 94.2 cm³/mol. The first kappa shape index (κ1) is 14.3. The molecule has 0 bridgehead atoms. The van der Waals surface area contributed by atoms with Crippen molar-refractivity contribution in [1.82, 2.24) is 0 Å². The Morgan fingerprint density at radius 1 is 0.842 bits per heavy atom. The van der Waals surface area contributed by atoms with E-state index in [9.17, 15) is 0 Å². The van der Waals surface area contributed by atoms with Crippen LogP contribution in [0.15, 0.2) is 22.7 Å². The summed E-state index contributed by atoms with van der Waals surface area (Å²) in [5.41, 5.74) is 3.10. The van der Waals surface area contributed by atoms with Gasteiger partial charge >= 0.3 is 0 Å². The van der Waals surface area contributed by atoms with Crippen molar-refractivity contribution >= 4 is 37.7 Å². The fourth-order valence-electron chi connectivity index (χ4n) is 2.97. The molecule has 2 aliphatic rings. The molecule has 2 saturated heterocycles. The van der Waals surface area contributed by atoms with Gasteiger partial charge in [0.15, 0.2) is 0 Å². The van der Waals surface area contributed by atoms with Crippen LogP contribution in [0.2, 0.25) is 0 Å². The third-order valence-electron chi connectivity index (χ3n) is 4.08. The van der Waals surface area contributed by atoms with Crippen molar-refractivity contribution in [3.63, 3.8) is 0 Å². The van der Waals surface area contributed by atoms with Crippen molar-refractivity contribution < 1.29 is 0 Å². The second-order valence-electron chi connectivity index (χ2n) is 5.67. The second kappa shape index (κ2) is 6.91. The van der Waals surface area contributed by atoms with E-state index in [-0.39, 0.29) is 0 Å². The zero-order chi connectivity index (χ0) is 13.1. The molecular formula is C16H23BrS2+2. The topological polar surface area (TPSA) is 0 Å². The first-order valence-corrected chi connectivity index (χ1v) is 11.6. The van der Waals surface area contributed by atoms with Crippen LogP contribution in [0, 0.1) is 0 Å². The highest BCUT2D eigenvalue weighted by Crippen LogP contribution is 2.27. The lowest BCUT2D eigenvalue weighted by Gasteiger charge is -2.07. The van der Waals surface area contributed by atoms with E-state index in [4.69, 9.17) is 0 Å². The van der Waals surface area contributed by atoms with Gasteiger partial charge in [0.25, 0.3) is 0 Å². The summed E-state index contributed by atoms with van der Waals surface area (Å²) in [6.07, 6.45) is 5.85. The van der Waals surface area contributed by atoms with Gasteiger partial charge in [-0.2, -0.15) is 0 Å². The van der Waals surface area contributed by atoms with E-state index in [0.29, 0.717) is 21.8 Å². The van der Waals surface area contributed by atoms with Crippen molar-refractivity contribution in [3.8, 4) is 0 Å². The van der Waals surface area contributed by atoms with Gasteiger partial charge in [0.05, 0.1) is 0 Å². The average Bonchev–Trinajstić information content (AvgIpc) is 3.05. The SMILES string of the molecule is Brc1cc(C[S+]2CCCC2)ccc1C[S+]1CCCC1. The number of benzene rings is 1. The Labute approximate surface area is 131 Å². The van der Waals surface area contributed by atoms with E-state index < -0.39 is 0 Å². The minimum absolute atomic E-state index is 0.673. The first-order valence-electron chi connectivity index (χ1n) is 7.37. The molecule has 0 nitrogen and oxygen atoms in total. The Kier molecular flexibility index (Phi) is 5.21. The summed E-state index contributed by atoms with van der Waals surface area (Å²) < 4.78 is 1.37. The molecule has 0 saturated carbocycles. The highest BCUT2D eigenvalue weighted by atomic mass is 79.9. The summed E-state index contributed by atoms with van der Waals surface area (Å²) in [7, 11) is 1.36. The van der Waals surface area contributed by atoms with Crippen LogP contribution in [0.5, 0.6) is 0 Å². The van der Waals surface area contributed by atoms with Gasteiger partial charge in [0.2, 0.25) is 0 Å². The molecule has 0 amide bonds. The second-order valence-corrected chi connectivity index (χ2v) is 11.2. The Morgan fingerprint density at radius 3 is 2.00 bits per heavy atom. The lowest BCUT2D eigenvalue weighted by Crippen LogP contribution is -2.09. The zero-order valence-corrected chi connectivity index (χ0v) is 14.7. The summed E-state index contributed by atoms with van der Waals surface area (Å²) in [6.45, 7) is 0. The van der Waals surface area contributed by atoms with Crippen LogP contribution in [0.1, 0.15) is 36.8 Å². The van der Waals surface area contributed by atoms with Crippen LogP contribution in [0.3, 0.4) is 0 Å². The fraction of sp³-hybridized carbons (Fsp3) is 0.625. The van der Waals surface area contributed by atoms with E-state index in [1.807, 2.05) is 0 Å². The number of hydrogen-bond donors (Lipinski definition) is 0. The Morgan fingerprint density at radius 2 is 1.42 bits per heavy atom. The molecule has 0 aromatic heterocycles. The summed E-state index contributed by atoms with van der Waals surface area (Å²) in [4.78, 5) is 0. The highest BCUT2D eigenvalue weighted by Gasteiger charge is 2.26. The molecule has 0 atom stereocenters. The van der Waals surface area contributed by atoms with Gasteiger partial charge < -0.3 is 0 Å². The van der Waals surface area contributed by atoms with Crippen molar-refractivity contribution in [3.05, 3.63) is 33.8 Å². The van der Waals surface area contributed by atoms with Gasteiger partial charge in [-0.15, -0.1) is 0 Å². The first-order chi connectivity index (χ1) is 9.31. The molecule has 2 aliphatic heterocycles. The Hall–Kier alpha value is 0.400. The molecule has 0 N–H and O–H groups in total. The van der Waals surface area contributed by atoms with Crippen molar-refractivity contribution in [2.75, 3.05) is 23.0 Å². The third-order valence-corrected chi connectivity index (χ3v) is 9.74. The van der Waals surface area contributed by atoms with E-state index in [1.54, 1.807) is 11.1 Å². The van der Waals surface area contributed by atoms with Gasteiger partial charge in [-0.25, -0.2) is 0 Å². The summed E-state index contributed by atoms with van der Waals surface area (Å²) >= 11 is 3.81. The van der Waals surface area contributed by atoms with E-state index in [1.165, 1.54) is 64.7 Å². The van der Waals surface area contributed by atoms with Crippen molar-refractivity contribution in [2.24, 2.45) is 0 Å². The average molecular weight is 359 g/mol. The van der Waals surface area contributed by atoms with Gasteiger partial charge in [-0.05, 0) is 53.5 Å². The number of rotatable bonds is 4. The lowest BCUT2D eigenvalue weighted by atomic mass is 10.2. The molecule has 0 aliphatic carbocycles. The maximum atomic E-state index is 3.81. The minimum Gasteiger partial charge on any atom is -0.0538 e. The standard InChI is InChI=1S/C16H23BrS2/c17-16-11-14(12-18-7-1-2-8-18)5-6-15(16)13-19-9-3-4-10-19/h5-6,11H,1-4,7-10,12-13H2/q+2. The molecule has 1 aromatic carbocycles. The molecule has 104 valence electrons. The van der Waals surface area contributed by atoms with Crippen LogP contribution in [-0.2, 0) is 33.3 Å². The van der Waals surface area contributed by atoms with Crippen LogP contribution in [0.25, 0.3) is 0 Å². The minimum atomic E-state index is 0.673. The van der Waals surface area contributed by atoms with Crippen LogP contribution in [0.4, 0.5) is 0 Å². The van der Waals surface area contributed by atoms with Crippen LogP contribution >= 0.6 is 15.9 Å². The number of hydrogen-bond acceptors (Lipinski definition) is 0. The molecule has 2 fully saturated rings. The Bertz CT molecular complexity index is 421. The van der Waals surface area contributed by atoms with Gasteiger partial charge in [-0.1, -0.05) is 28.1 Å². The predicted octanol–water partition coefficient (Wildman–Crippen LogP) is 4.27. The zero-order valence-electron chi connectivity index (χ0n) is 11.5. The van der Waals surface area contributed by atoms with Gasteiger partial charge in [-0.3, -0.25) is 0 Å². The summed E-state index contributed by atoms with van der Waals surface area (Å²) in [6, 6.07) is 7.19. The molecular weight excluding hydrogens is 336 g/mol. The molecule has 3 rings (SSSR count). The normalized spacial score (nSPS) is 21.3. The lowest BCUT2D eigenvalue weighted by molar-refractivity contribution is 0.949. The highest BCUT2D eigenvalue weighted by molar-refractivity contribution is 9.10. The van der Waals surface area contributed by atoms with Crippen LogP contribution < -0.4 is 0 Å². The van der Waals surface area contributed by atoms with Crippen LogP contribution in [-0.4, -0.2) is 23.0 Å². The molecule has 19 heavy (non-hydrogen) atoms. The third kappa shape index (κ3) is 3.95. The molecule has 0 spiro atoms. The maximum Gasteiger partial charge on any atom is 0.134 e. The van der Waals surface area contributed by atoms with Gasteiger partial charge in [0.1, 0.15) is 34.5 Å². The quantitative estimate of drug-likeness (QED) is 0.704. The smallest absolute Gasteiger partial charge is 0.0538 e. The van der Waals surface area contributed by atoms with Crippen molar-refractivity contribution in [1.29, 1.82) is 0 Å². The van der Waals surface area contributed by atoms with Crippen molar-refractivity contribution in [2.45, 2.75) is 37.2 Å². The molecule has 3 heteroatoms. The number of halogens is 1. The van der Waals surface area contributed by atoms with E-state index in [0.717, 1.165) is 0 Å². The van der Waals surface area contributed by atoms with E-state index in [2.05, 4.69) is 34.1 Å². The Balaban J connectivity index is 1.63. The fourth-order valence-corrected chi connectivity index (χ4v) is 8.50. The molecule has 1 aromatic rings. The summed E-state index contributed by atoms with van der Waals surface area (Å²) in [5, 5.41) is 0. The molecule has 0 unspecified atom stereocenters. The summed E-state index contributed by atoms with van der Waals surface area (Å²) in [5.74, 6) is 8.53. The molecule has 0 radical (unpaired) electrons. The maximum absolute atomic E-state index is 3.81.